The largest absolute Gasteiger partial charge is 0.299 e. The molecule has 0 saturated heterocycles. The number of nitrogens with zero attached hydrogens (tertiary/aromatic N) is 1. The summed E-state index contributed by atoms with van der Waals surface area (Å²) in [6, 6.07) is 2.26. The van der Waals surface area contributed by atoms with Gasteiger partial charge in [0.1, 0.15) is 5.78 Å². The average Bonchev–Trinajstić information content (AvgIpc) is 2.84. The highest BCUT2D eigenvalue weighted by Gasteiger charge is 2.88. The Morgan fingerprint density at radius 3 is 2.45 bits per heavy atom. The molecule has 0 aromatic carbocycles. The SMILES string of the molecule is N#C[C@@H]1[C@H]2C(=O)C3C4C([C@@H]34)[C@@H]12. The summed E-state index contributed by atoms with van der Waals surface area (Å²) in [4.78, 5) is 11.4. The number of carbonyl (C=O) groups is 1. The second-order valence-electron chi connectivity index (χ2n) is 4.42. The first-order chi connectivity index (χ1) is 5.36. The van der Waals surface area contributed by atoms with Crippen LogP contribution < -0.4 is 0 Å². The molecule has 0 radical (unpaired) electrons. The van der Waals surface area contributed by atoms with E-state index in [1.807, 2.05) is 0 Å². The first-order valence-corrected chi connectivity index (χ1v) is 4.29. The van der Waals surface area contributed by atoms with E-state index in [1.165, 1.54) is 0 Å². The van der Waals surface area contributed by atoms with E-state index in [0.29, 0.717) is 17.6 Å². The molecule has 0 amide bonds. The zero-order valence-corrected chi connectivity index (χ0v) is 5.90. The zero-order valence-electron chi connectivity index (χ0n) is 5.90. The maximum absolute atomic E-state index is 11.4. The Morgan fingerprint density at radius 2 is 1.82 bits per heavy atom. The molecule has 0 heterocycles. The van der Waals surface area contributed by atoms with Crippen LogP contribution in [0.25, 0.3) is 0 Å². The van der Waals surface area contributed by atoms with Crippen molar-refractivity contribution in [1.29, 1.82) is 5.26 Å². The molecule has 5 aliphatic carbocycles. The number of Topliss-reactive ketones (excluding diaryl/α,β-unsaturated/α-hetero) is 1. The molecule has 5 fully saturated rings. The smallest absolute Gasteiger partial charge is 0.141 e. The van der Waals surface area contributed by atoms with Gasteiger partial charge in [-0.05, 0) is 23.7 Å². The van der Waals surface area contributed by atoms with E-state index in [4.69, 9.17) is 5.26 Å². The van der Waals surface area contributed by atoms with E-state index in [-0.39, 0.29) is 11.8 Å². The lowest BCUT2D eigenvalue weighted by Gasteiger charge is -2.15. The van der Waals surface area contributed by atoms with Gasteiger partial charge in [-0.2, -0.15) is 5.26 Å². The Bertz CT molecular complexity index is 319. The molecule has 0 spiro atoms. The van der Waals surface area contributed by atoms with Gasteiger partial charge in [-0.1, -0.05) is 0 Å². The van der Waals surface area contributed by atoms with Crippen LogP contribution in [-0.2, 0) is 4.79 Å². The molecular weight excluding hydrogens is 138 g/mol. The standard InChI is InChI=1S/C9H7NO/c10-1-2-3-4(2)9(11)8-6-5(3)7(6)8/h2-8H/t2-,3-,4+,5?,6+,7?,8?/m0/s1. The molecule has 54 valence electrons. The Kier molecular flexibility index (Phi) is 0.468. The predicted molar refractivity (Wildman–Crippen MR) is 35.0 cm³/mol. The molecule has 0 N–H and O–H groups in total. The topological polar surface area (TPSA) is 40.9 Å². The molecule has 2 bridgehead atoms. The summed E-state index contributed by atoms with van der Waals surface area (Å²) in [6.45, 7) is 0. The van der Waals surface area contributed by atoms with Gasteiger partial charge < -0.3 is 0 Å². The zero-order chi connectivity index (χ0) is 7.33. The fraction of sp³-hybridized carbons (Fsp3) is 0.778. The number of nitriles is 1. The highest BCUT2D eigenvalue weighted by molar-refractivity contribution is 5.94. The number of carbonyl (C=O) groups excluding carboxylic acids is 1. The molecule has 3 unspecified atom stereocenters. The molecule has 7 atom stereocenters. The molecule has 0 aliphatic heterocycles. The average molecular weight is 145 g/mol. The van der Waals surface area contributed by atoms with Crippen molar-refractivity contribution in [1.82, 2.24) is 0 Å². The van der Waals surface area contributed by atoms with Gasteiger partial charge in [0.25, 0.3) is 0 Å². The molecule has 2 nitrogen and oxygen atoms in total. The third-order valence-corrected chi connectivity index (χ3v) is 4.21. The third-order valence-electron chi connectivity index (χ3n) is 4.21. The quantitative estimate of drug-likeness (QED) is 0.496. The molecular formula is C9H7NO. The van der Waals surface area contributed by atoms with Crippen LogP contribution in [-0.4, -0.2) is 5.78 Å². The van der Waals surface area contributed by atoms with E-state index in [2.05, 4.69) is 6.07 Å². The van der Waals surface area contributed by atoms with Crippen molar-refractivity contribution in [2.45, 2.75) is 0 Å². The van der Waals surface area contributed by atoms with Gasteiger partial charge in [0, 0.05) is 11.8 Å². The normalized spacial score (nSPS) is 72.6. The van der Waals surface area contributed by atoms with Crippen LogP contribution in [0.5, 0.6) is 0 Å². The van der Waals surface area contributed by atoms with Crippen molar-refractivity contribution < 1.29 is 4.79 Å². The van der Waals surface area contributed by atoms with Gasteiger partial charge in [0.15, 0.2) is 0 Å². The highest BCUT2D eigenvalue weighted by atomic mass is 16.1. The summed E-state index contributed by atoms with van der Waals surface area (Å²) < 4.78 is 0. The van der Waals surface area contributed by atoms with Crippen LogP contribution in [0.3, 0.4) is 0 Å². The van der Waals surface area contributed by atoms with E-state index >= 15 is 0 Å². The van der Waals surface area contributed by atoms with Crippen molar-refractivity contribution in [3.05, 3.63) is 0 Å². The van der Waals surface area contributed by atoms with Crippen LogP contribution in [0.1, 0.15) is 0 Å². The maximum Gasteiger partial charge on any atom is 0.141 e. The predicted octanol–water partition coefficient (Wildman–Crippen LogP) is 0.447. The van der Waals surface area contributed by atoms with Crippen molar-refractivity contribution in [2.75, 3.05) is 0 Å². The number of rotatable bonds is 0. The molecule has 11 heavy (non-hydrogen) atoms. The van der Waals surface area contributed by atoms with Crippen LogP contribution in [0.2, 0.25) is 0 Å². The third kappa shape index (κ3) is 0.306. The molecule has 0 aromatic heterocycles. The molecule has 5 rings (SSSR count). The minimum atomic E-state index is 0.132. The summed E-state index contributed by atoms with van der Waals surface area (Å²) in [7, 11) is 0. The second kappa shape index (κ2) is 1.04. The first kappa shape index (κ1) is 4.92. The van der Waals surface area contributed by atoms with Crippen LogP contribution >= 0.6 is 0 Å². The summed E-state index contributed by atoms with van der Waals surface area (Å²) >= 11 is 0. The summed E-state index contributed by atoms with van der Waals surface area (Å²) in [6.07, 6.45) is 0. The Balaban J connectivity index is 1.80. The van der Waals surface area contributed by atoms with Gasteiger partial charge in [0.05, 0.1) is 12.0 Å². The number of hydrogen-bond donors (Lipinski definition) is 0. The number of hydrogen-bond acceptors (Lipinski definition) is 2. The summed E-state index contributed by atoms with van der Waals surface area (Å²) in [5, 5.41) is 8.70. The Hall–Kier alpha value is -0.840. The van der Waals surface area contributed by atoms with Gasteiger partial charge in [-0.3, -0.25) is 4.79 Å². The van der Waals surface area contributed by atoms with Crippen LogP contribution in [0, 0.1) is 52.8 Å². The van der Waals surface area contributed by atoms with Crippen LogP contribution in [0.15, 0.2) is 0 Å². The Morgan fingerprint density at radius 1 is 1.09 bits per heavy atom. The van der Waals surface area contributed by atoms with Crippen LogP contribution in [0.4, 0.5) is 0 Å². The van der Waals surface area contributed by atoms with Gasteiger partial charge in [0.2, 0.25) is 0 Å². The van der Waals surface area contributed by atoms with Gasteiger partial charge in [-0.15, -0.1) is 0 Å². The highest BCUT2D eigenvalue weighted by Crippen LogP contribution is 2.86. The lowest BCUT2D eigenvalue weighted by Crippen LogP contribution is -2.22. The first-order valence-electron chi connectivity index (χ1n) is 4.29. The molecule has 0 aromatic rings. The molecule has 2 heteroatoms. The fourth-order valence-electron chi connectivity index (χ4n) is 3.54. The minimum absolute atomic E-state index is 0.132. The lowest BCUT2D eigenvalue weighted by molar-refractivity contribution is -0.125. The van der Waals surface area contributed by atoms with E-state index < -0.39 is 0 Å². The summed E-state index contributed by atoms with van der Waals surface area (Å²) in [5.74, 6) is 4.10. The van der Waals surface area contributed by atoms with Gasteiger partial charge in [-0.25, -0.2) is 0 Å². The monoisotopic (exact) mass is 145 g/mol. The fourth-order valence-corrected chi connectivity index (χ4v) is 3.54. The lowest BCUT2D eigenvalue weighted by atomic mass is 9.87. The van der Waals surface area contributed by atoms with Crippen molar-refractivity contribution in [3.8, 4) is 6.07 Å². The van der Waals surface area contributed by atoms with E-state index in [9.17, 15) is 4.79 Å². The second-order valence-corrected chi connectivity index (χ2v) is 4.42. The Labute approximate surface area is 64.2 Å². The van der Waals surface area contributed by atoms with Crippen molar-refractivity contribution >= 4 is 5.78 Å². The van der Waals surface area contributed by atoms with Gasteiger partial charge >= 0.3 is 0 Å². The van der Waals surface area contributed by atoms with Crippen molar-refractivity contribution in [2.24, 2.45) is 41.4 Å². The molecule has 5 aliphatic rings. The van der Waals surface area contributed by atoms with E-state index in [1.54, 1.807) is 0 Å². The number of ketones is 1. The van der Waals surface area contributed by atoms with Crippen molar-refractivity contribution in [3.63, 3.8) is 0 Å². The minimum Gasteiger partial charge on any atom is -0.299 e. The maximum atomic E-state index is 11.4. The summed E-state index contributed by atoms with van der Waals surface area (Å²) in [5.41, 5.74) is 0. The van der Waals surface area contributed by atoms with E-state index in [0.717, 1.165) is 17.8 Å². The molecule has 5 saturated carbocycles.